The number of aryl methyl sites for hydroxylation is 3. The number of aromatic nitrogens is 2. The molecule has 2 aromatic carbocycles. The lowest BCUT2D eigenvalue weighted by Crippen LogP contribution is -2.29. The second-order valence-corrected chi connectivity index (χ2v) is 9.46. The van der Waals surface area contributed by atoms with E-state index < -0.39 is 0 Å². The van der Waals surface area contributed by atoms with Gasteiger partial charge in [-0.2, -0.15) is 0 Å². The zero-order valence-electron chi connectivity index (χ0n) is 19.0. The van der Waals surface area contributed by atoms with E-state index in [1.165, 1.54) is 42.3 Å². The van der Waals surface area contributed by atoms with Crippen LogP contribution < -0.4 is 10.2 Å². The Morgan fingerprint density at radius 3 is 2.25 bits per heavy atom. The van der Waals surface area contributed by atoms with Gasteiger partial charge in [0.05, 0.1) is 11.4 Å². The van der Waals surface area contributed by atoms with Crippen LogP contribution in [-0.2, 0) is 4.79 Å². The number of benzene rings is 2. The van der Waals surface area contributed by atoms with E-state index in [1.54, 1.807) is 0 Å². The molecule has 1 saturated heterocycles. The predicted molar refractivity (Wildman–Crippen MR) is 134 cm³/mol. The van der Waals surface area contributed by atoms with Gasteiger partial charge in [-0.15, -0.1) is 10.2 Å². The minimum absolute atomic E-state index is 0.0377. The van der Waals surface area contributed by atoms with Crippen LogP contribution >= 0.6 is 11.8 Å². The van der Waals surface area contributed by atoms with Gasteiger partial charge in [-0.1, -0.05) is 41.6 Å². The lowest BCUT2D eigenvalue weighted by molar-refractivity contribution is -0.113. The van der Waals surface area contributed by atoms with Crippen LogP contribution in [0.2, 0.25) is 0 Å². The van der Waals surface area contributed by atoms with E-state index in [0.717, 1.165) is 46.2 Å². The smallest absolute Gasteiger partial charge is 0.234 e. The highest BCUT2D eigenvalue weighted by molar-refractivity contribution is 7.99. The van der Waals surface area contributed by atoms with Crippen LogP contribution in [-0.4, -0.2) is 34.9 Å². The lowest BCUT2D eigenvalue weighted by Gasteiger charge is -2.28. The summed E-state index contributed by atoms with van der Waals surface area (Å²) in [4.78, 5) is 14.9. The first-order valence-corrected chi connectivity index (χ1v) is 12.2. The highest BCUT2D eigenvalue weighted by atomic mass is 32.2. The summed E-state index contributed by atoms with van der Waals surface area (Å²) in [6, 6.07) is 16.6. The summed E-state index contributed by atoms with van der Waals surface area (Å²) >= 11 is 1.40. The Morgan fingerprint density at radius 2 is 1.62 bits per heavy atom. The molecule has 2 heterocycles. The van der Waals surface area contributed by atoms with E-state index in [2.05, 4.69) is 63.7 Å². The van der Waals surface area contributed by atoms with Gasteiger partial charge in [0.25, 0.3) is 0 Å². The van der Waals surface area contributed by atoms with Crippen LogP contribution in [0.15, 0.2) is 53.6 Å². The van der Waals surface area contributed by atoms with Crippen LogP contribution in [0.3, 0.4) is 0 Å². The Bertz CT molecular complexity index is 1050. The lowest BCUT2D eigenvalue weighted by atomic mass is 10.1. The van der Waals surface area contributed by atoms with Gasteiger partial charge in [0.2, 0.25) is 5.91 Å². The second kappa shape index (κ2) is 10.2. The molecule has 0 radical (unpaired) electrons. The van der Waals surface area contributed by atoms with Gasteiger partial charge in [0.15, 0.2) is 0 Å². The van der Waals surface area contributed by atoms with Crippen LogP contribution in [0.5, 0.6) is 0 Å². The molecule has 6 heteroatoms. The van der Waals surface area contributed by atoms with Crippen molar-refractivity contribution in [2.45, 2.75) is 45.1 Å². The summed E-state index contributed by atoms with van der Waals surface area (Å²) in [5.74, 6) is 0.259. The molecule has 32 heavy (non-hydrogen) atoms. The van der Waals surface area contributed by atoms with E-state index in [0.29, 0.717) is 5.75 Å². The van der Waals surface area contributed by atoms with Gasteiger partial charge in [-0.05, 0) is 75.4 Å². The molecule has 5 nitrogen and oxygen atoms in total. The molecule has 1 amide bonds. The minimum atomic E-state index is -0.0377. The van der Waals surface area contributed by atoms with E-state index in [4.69, 9.17) is 0 Å². The van der Waals surface area contributed by atoms with E-state index in [9.17, 15) is 4.79 Å². The fourth-order valence-electron chi connectivity index (χ4n) is 4.24. The maximum absolute atomic E-state index is 12.4. The maximum atomic E-state index is 12.4. The van der Waals surface area contributed by atoms with Gasteiger partial charge in [0, 0.05) is 30.0 Å². The Hall–Kier alpha value is -2.86. The third-order valence-corrected chi connectivity index (χ3v) is 6.74. The molecule has 0 unspecified atom stereocenters. The number of piperidine rings is 1. The van der Waals surface area contributed by atoms with Crippen molar-refractivity contribution in [2.24, 2.45) is 0 Å². The topological polar surface area (TPSA) is 58.1 Å². The zero-order chi connectivity index (χ0) is 22.5. The largest absolute Gasteiger partial charge is 0.372 e. The Labute approximate surface area is 194 Å². The number of thioether (sulfide) groups is 1. The fraction of sp³-hybridized carbons (Fsp3) is 0.346. The summed E-state index contributed by atoms with van der Waals surface area (Å²) in [7, 11) is 0. The van der Waals surface area contributed by atoms with Gasteiger partial charge in [-0.3, -0.25) is 4.79 Å². The maximum Gasteiger partial charge on any atom is 0.234 e. The van der Waals surface area contributed by atoms with Crippen molar-refractivity contribution in [3.8, 4) is 11.3 Å². The molecular formula is C26H30N4OS. The van der Waals surface area contributed by atoms with Crippen LogP contribution in [0.25, 0.3) is 11.3 Å². The fourth-order valence-corrected chi connectivity index (χ4v) is 4.85. The number of hydrogen-bond donors (Lipinski definition) is 1. The average molecular weight is 447 g/mol. The minimum Gasteiger partial charge on any atom is -0.372 e. The van der Waals surface area contributed by atoms with Crippen molar-refractivity contribution < 1.29 is 4.79 Å². The van der Waals surface area contributed by atoms with Gasteiger partial charge in [-0.25, -0.2) is 0 Å². The number of carbonyl (C=O) groups excluding carboxylic acids is 1. The van der Waals surface area contributed by atoms with E-state index in [1.807, 2.05) is 26.0 Å². The van der Waals surface area contributed by atoms with Gasteiger partial charge in [0.1, 0.15) is 5.03 Å². The molecule has 1 N–H and O–H groups in total. The normalized spacial score (nSPS) is 13.8. The number of rotatable bonds is 6. The SMILES string of the molecule is Cc1cc(C)c(NC(=O)CSc2ccc(-c3ccc(N4CCCCC4)cc3)nn2)c(C)c1. The number of hydrogen-bond acceptors (Lipinski definition) is 5. The van der Waals surface area contributed by atoms with Crippen molar-refractivity contribution in [3.63, 3.8) is 0 Å². The van der Waals surface area contributed by atoms with Crippen molar-refractivity contribution in [1.82, 2.24) is 10.2 Å². The summed E-state index contributed by atoms with van der Waals surface area (Å²) in [6.45, 7) is 8.38. The molecule has 4 rings (SSSR count). The van der Waals surface area contributed by atoms with Crippen molar-refractivity contribution in [2.75, 3.05) is 29.1 Å². The zero-order valence-corrected chi connectivity index (χ0v) is 19.8. The number of carbonyl (C=O) groups is 1. The molecule has 1 aliphatic rings. The van der Waals surface area contributed by atoms with Gasteiger partial charge < -0.3 is 10.2 Å². The Morgan fingerprint density at radius 1 is 0.938 bits per heavy atom. The molecule has 3 aromatic rings. The summed E-state index contributed by atoms with van der Waals surface area (Å²) < 4.78 is 0. The van der Waals surface area contributed by atoms with E-state index >= 15 is 0 Å². The molecule has 0 atom stereocenters. The quantitative estimate of drug-likeness (QED) is 0.486. The first-order valence-electron chi connectivity index (χ1n) is 11.2. The van der Waals surface area contributed by atoms with Crippen LogP contribution in [0, 0.1) is 20.8 Å². The number of nitrogens with one attached hydrogen (secondary N) is 1. The number of amides is 1. The van der Waals surface area contributed by atoms with Crippen molar-refractivity contribution in [3.05, 3.63) is 65.2 Å². The Kier molecular flexibility index (Phi) is 7.10. The number of anilines is 2. The van der Waals surface area contributed by atoms with Gasteiger partial charge >= 0.3 is 0 Å². The molecule has 166 valence electrons. The molecule has 1 aliphatic heterocycles. The predicted octanol–water partition coefficient (Wildman–Crippen LogP) is 5.79. The monoisotopic (exact) mass is 446 g/mol. The molecular weight excluding hydrogens is 416 g/mol. The second-order valence-electron chi connectivity index (χ2n) is 8.46. The molecule has 1 aromatic heterocycles. The molecule has 0 saturated carbocycles. The molecule has 1 fully saturated rings. The molecule has 0 bridgehead atoms. The highest BCUT2D eigenvalue weighted by Gasteiger charge is 2.12. The van der Waals surface area contributed by atoms with Crippen LogP contribution in [0.4, 0.5) is 11.4 Å². The summed E-state index contributed by atoms with van der Waals surface area (Å²) in [6.07, 6.45) is 3.88. The molecule has 0 spiro atoms. The van der Waals surface area contributed by atoms with Crippen LogP contribution in [0.1, 0.15) is 36.0 Å². The van der Waals surface area contributed by atoms with Crippen molar-refractivity contribution >= 4 is 29.0 Å². The summed E-state index contributed by atoms with van der Waals surface area (Å²) in [5, 5.41) is 12.5. The highest BCUT2D eigenvalue weighted by Crippen LogP contribution is 2.26. The van der Waals surface area contributed by atoms with Crippen molar-refractivity contribution in [1.29, 1.82) is 0 Å². The first-order chi connectivity index (χ1) is 15.5. The standard InChI is InChI=1S/C26H30N4OS/c1-18-15-19(2)26(20(3)16-18)27-24(31)17-32-25-12-11-23(28-29-25)21-7-9-22(10-8-21)30-13-5-4-6-14-30/h7-12,15-16H,4-6,13-14,17H2,1-3H3,(H,27,31). The third kappa shape index (κ3) is 5.49. The Balaban J connectivity index is 1.33. The first kappa shape index (κ1) is 22.3. The van der Waals surface area contributed by atoms with E-state index in [-0.39, 0.29) is 5.91 Å². The summed E-state index contributed by atoms with van der Waals surface area (Å²) in [5.41, 5.74) is 7.43. The third-order valence-electron chi connectivity index (χ3n) is 5.82. The average Bonchev–Trinajstić information content (AvgIpc) is 2.81. The number of nitrogens with zero attached hydrogens (tertiary/aromatic N) is 3. The molecule has 0 aliphatic carbocycles.